The summed E-state index contributed by atoms with van der Waals surface area (Å²) in [5.41, 5.74) is 2.46. The summed E-state index contributed by atoms with van der Waals surface area (Å²) in [5.74, 6) is 0.569. The predicted molar refractivity (Wildman–Crippen MR) is 60.6 cm³/mol. The van der Waals surface area contributed by atoms with E-state index < -0.39 is 0 Å². The molecule has 1 aliphatic heterocycles. The Hall–Kier alpha value is -2.23. The number of allylic oxidation sites excluding steroid dienone is 1. The minimum Gasteiger partial charge on any atom is -0.495 e. The number of nitrogens with zero attached hydrogens (tertiary/aromatic N) is 2. The predicted octanol–water partition coefficient (Wildman–Crippen LogP) is 1.68. The van der Waals surface area contributed by atoms with Crippen molar-refractivity contribution in [1.29, 1.82) is 0 Å². The van der Waals surface area contributed by atoms with E-state index in [4.69, 9.17) is 4.74 Å². The molecule has 78 valence electrons. The molecule has 0 N–H and O–H groups in total. The summed E-state index contributed by atoms with van der Waals surface area (Å²) >= 11 is 0. The van der Waals surface area contributed by atoms with Crippen molar-refractivity contribution in [2.75, 3.05) is 7.11 Å². The smallest absolute Gasteiger partial charge is 0.214 e. The second-order valence-corrected chi connectivity index (χ2v) is 3.51. The maximum Gasteiger partial charge on any atom is 0.214 e. The van der Waals surface area contributed by atoms with Crippen LogP contribution in [0.3, 0.4) is 0 Å². The van der Waals surface area contributed by atoms with Crippen LogP contribution in [-0.2, 0) is 4.74 Å². The number of ether oxygens (including phenoxy) is 1. The van der Waals surface area contributed by atoms with Gasteiger partial charge in [-0.2, -0.15) is 5.10 Å². The first-order chi connectivity index (χ1) is 7.83. The van der Waals surface area contributed by atoms with Crippen molar-refractivity contribution in [2.45, 2.75) is 0 Å². The first-order valence-corrected chi connectivity index (χ1v) is 4.86. The first kappa shape index (κ1) is 9.03. The van der Waals surface area contributed by atoms with Gasteiger partial charge in [-0.15, -0.1) is 5.10 Å². The fraction of sp³-hybridized carbons (Fsp3) is 0.0833. The zero-order valence-electron chi connectivity index (χ0n) is 8.60. The summed E-state index contributed by atoms with van der Waals surface area (Å²) < 4.78 is 5.34. The van der Waals surface area contributed by atoms with Crippen LogP contribution in [-0.4, -0.2) is 24.8 Å². The van der Waals surface area contributed by atoms with E-state index in [1.165, 1.54) is 0 Å². The molecule has 0 saturated carbocycles. The molecule has 0 radical (unpaired) electrons. The summed E-state index contributed by atoms with van der Waals surface area (Å²) in [7, 11) is 1.58. The van der Waals surface area contributed by atoms with Crippen LogP contribution in [0.1, 0.15) is 15.9 Å². The molecule has 2 aliphatic rings. The average Bonchev–Trinajstić information content (AvgIpc) is 2.79. The van der Waals surface area contributed by atoms with Crippen LogP contribution in [0.5, 0.6) is 0 Å². The van der Waals surface area contributed by atoms with Crippen molar-refractivity contribution < 1.29 is 9.53 Å². The molecule has 4 nitrogen and oxygen atoms in total. The molecule has 0 atom stereocenters. The Morgan fingerprint density at radius 2 is 1.94 bits per heavy atom. The number of fused-ring (bicyclic) bond motifs is 2. The lowest BCUT2D eigenvalue weighted by Crippen LogP contribution is -2.23. The van der Waals surface area contributed by atoms with Gasteiger partial charge in [-0.05, 0) is 0 Å². The van der Waals surface area contributed by atoms with Gasteiger partial charge in [0.15, 0.2) is 0 Å². The van der Waals surface area contributed by atoms with Gasteiger partial charge in [-0.25, -0.2) is 0 Å². The third kappa shape index (κ3) is 1.01. The topological polar surface area (TPSA) is 51.0 Å². The lowest BCUT2D eigenvalue weighted by Gasteiger charge is -2.18. The van der Waals surface area contributed by atoms with Gasteiger partial charge in [-0.3, -0.25) is 4.79 Å². The van der Waals surface area contributed by atoms with E-state index in [1.807, 2.05) is 18.2 Å². The lowest BCUT2D eigenvalue weighted by molar-refractivity contribution is 0.106. The van der Waals surface area contributed by atoms with E-state index in [-0.39, 0.29) is 5.78 Å². The molecule has 0 aromatic heterocycles. The Bertz CT molecular complexity index is 582. The molecule has 1 heterocycles. The van der Waals surface area contributed by atoms with Crippen LogP contribution < -0.4 is 0 Å². The second-order valence-electron chi connectivity index (χ2n) is 3.51. The number of hydrogen-bond donors (Lipinski definition) is 0. The number of carbonyl (C=O) groups excluding carboxylic acids is 1. The van der Waals surface area contributed by atoms with E-state index in [0.717, 1.165) is 5.56 Å². The maximum absolute atomic E-state index is 12.1. The van der Waals surface area contributed by atoms with Crippen molar-refractivity contribution >= 4 is 23.5 Å². The summed E-state index contributed by atoms with van der Waals surface area (Å²) in [6, 6.07) is 7.33. The maximum atomic E-state index is 12.1. The van der Waals surface area contributed by atoms with Crippen molar-refractivity contribution in [3.63, 3.8) is 0 Å². The van der Waals surface area contributed by atoms with E-state index in [2.05, 4.69) is 10.2 Å². The summed E-state index contributed by atoms with van der Waals surface area (Å²) in [6.45, 7) is 0. The normalized spacial score (nSPS) is 17.1. The van der Waals surface area contributed by atoms with Crippen molar-refractivity contribution in [3.05, 3.63) is 41.0 Å². The Balaban J connectivity index is 2.35. The van der Waals surface area contributed by atoms with Gasteiger partial charge in [0.05, 0.1) is 18.9 Å². The molecule has 1 aromatic rings. The fourth-order valence-electron chi connectivity index (χ4n) is 1.96. The lowest BCUT2D eigenvalue weighted by atomic mass is 9.88. The monoisotopic (exact) mass is 212 g/mol. The van der Waals surface area contributed by atoms with Gasteiger partial charge < -0.3 is 4.74 Å². The van der Waals surface area contributed by atoms with Gasteiger partial charge in [0, 0.05) is 11.1 Å². The highest BCUT2D eigenvalue weighted by Gasteiger charge is 2.32. The average molecular weight is 212 g/mol. The number of Topliss-reactive ketones (excluding diaryl/α,β-unsaturated/α-hetero) is 1. The molecule has 1 aromatic carbocycles. The Morgan fingerprint density at radius 3 is 2.69 bits per heavy atom. The number of rotatable bonds is 1. The molecule has 0 saturated heterocycles. The van der Waals surface area contributed by atoms with Crippen LogP contribution in [0.4, 0.5) is 0 Å². The molecule has 4 heteroatoms. The minimum absolute atomic E-state index is 0.0936. The van der Waals surface area contributed by atoms with Crippen molar-refractivity contribution in [3.8, 4) is 0 Å². The third-order valence-electron chi connectivity index (χ3n) is 2.68. The van der Waals surface area contributed by atoms with Crippen LogP contribution in [0.2, 0.25) is 0 Å². The largest absolute Gasteiger partial charge is 0.495 e. The number of hydrogen-bond acceptors (Lipinski definition) is 4. The summed E-state index contributed by atoms with van der Waals surface area (Å²) in [5, 5.41) is 7.60. The molecule has 0 spiro atoms. The summed E-state index contributed by atoms with van der Waals surface area (Å²) in [6.07, 6.45) is 1.56. The van der Waals surface area contributed by atoms with Crippen LogP contribution >= 0.6 is 0 Å². The highest BCUT2D eigenvalue weighted by molar-refractivity contribution is 6.59. The van der Waals surface area contributed by atoms with Gasteiger partial charge in [-0.1, -0.05) is 24.3 Å². The number of carbonyl (C=O) groups is 1. The van der Waals surface area contributed by atoms with Crippen molar-refractivity contribution in [2.24, 2.45) is 10.2 Å². The zero-order chi connectivity index (χ0) is 11.1. The minimum atomic E-state index is -0.0936. The Morgan fingerprint density at radius 1 is 1.19 bits per heavy atom. The highest BCUT2D eigenvalue weighted by atomic mass is 16.5. The zero-order valence-corrected chi connectivity index (χ0v) is 8.60. The van der Waals surface area contributed by atoms with E-state index in [0.29, 0.717) is 22.6 Å². The molecule has 0 unspecified atom stereocenters. The molecular weight excluding hydrogens is 204 g/mol. The van der Waals surface area contributed by atoms with Gasteiger partial charge in [0.25, 0.3) is 0 Å². The number of benzene rings is 1. The standard InChI is InChI=1S/C12H8N2O2/c1-16-12-8-5-3-2-4-7(8)11(15)10-9(12)6-13-14-10/h2-6H,1H3. The van der Waals surface area contributed by atoms with Crippen LogP contribution in [0, 0.1) is 0 Å². The van der Waals surface area contributed by atoms with E-state index in [9.17, 15) is 4.79 Å². The number of ketones is 1. The van der Waals surface area contributed by atoms with E-state index >= 15 is 0 Å². The number of methoxy groups -OCH3 is 1. The molecule has 1 aliphatic carbocycles. The molecule has 16 heavy (non-hydrogen) atoms. The molecule has 0 bridgehead atoms. The van der Waals surface area contributed by atoms with Crippen LogP contribution in [0.15, 0.2) is 40.0 Å². The first-order valence-electron chi connectivity index (χ1n) is 4.86. The van der Waals surface area contributed by atoms with Crippen molar-refractivity contribution in [1.82, 2.24) is 0 Å². The molecule has 3 rings (SSSR count). The quantitative estimate of drug-likeness (QED) is 0.711. The Kier molecular flexibility index (Phi) is 1.77. The molecular formula is C12H8N2O2. The third-order valence-corrected chi connectivity index (χ3v) is 2.68. The van der Waals surface area contributed by atoms with Gasteiger partial charge in [0.2, 0.25) is 5.78 Å². The van der Waals surface area contributed by atoms with Gasteiger partial charge >= 0.3 is 0 Å². The fourth-order valence-corrected chi connectivity index (χ4v) is 1.96. The van der Waals surface area contributed by atoms with Gasteiger partial charge in [0.1, 0.15) is 11.5 Å². The summed E-state index contributed by atoms with van der Waals surface area (Å²) in [4.78, 5) is 12.1. The second kappa shape index (κ2) is 3.13. The van der Waals surface area contributed by atoms with E-state index in [1.54, 1.807) is 19.4 Å². The molecule has 0 amide bonds. The SMILES string of the molecule is COC1=C2C=NN=C2C(=O)c2ccccc21. The molecule has 0 fully saturated rings. The highest BCUT2D eigenvalue weighted by Crippen LogP contribution is 2.31. The van der Waals surface area contributed by atoms with Crippen LogP contribution in [0.25, 0.3) is 5.76 Å². The Labute approximate surface area is 92.0 Å².